The Morgan fingerprint density at radius 1 is 1.14 bits per heavy atom. The first kappa shape index (κ1) is 26.0. The van der Waals surface area contributed by atoms with Crippen LogP contribution in [-0.4, -0.2) is 62.6 Å². The summed E-state index contributed by atoms with van der Waals surface area (Å²) in [6.07, 6.45) is 4.49. The molecule has 4 heterocycles. The van der Waals surface area contributed by atoms with Gasteiger partial charge in [0.1, 0.15) is 17.9 Å². The van der Waals surface area contributed by atoms with Gasteiger partial charge in [-0.1, -0.05) is 15.9 Å². The van der Waals surface area contributed by atoms with Crippen LogP contribution in [0.5, 0.6) is 0 Å². The molecule has 0 saturated carbocycles. The number of benzene rings is 1. The topological polar surface area (TPSA) is 94.0 Å². The van der Waals surface area contributed by atoms with Crippen LogP contribution in [0.2, 0.25) is 0 Å². The predicted octanol–water partition coefficient (Wildman–Crippen LogP) is 3.62. The summed E-state index contributed by atoms with van der Waals surface area (Å²) in [5.41, 5.74) is 6.41. The molecule has 5 rings (SSSR count). The average Bonchev–Trinajstić information content (AvgIpc) is 3.11. The molecular formula is C23H29BrClF2N7O. The highest BCUT2D eigenvalue weighted by atomic mass is 79.9. The molecule has 8 nitrogen and oxygen atoms in total. The second kappa shape index (κ2) is 10.5. The van der Waals surface area contributed by atoms with Gasteiger partial charge in [-0.3, -0.25) is 14.0 Å². The van der Waals surface area contributed by atoms with Crippen molar-refractivity contribution in [2.24, 2.45) is 5.92 Å². The number of aromatic nitrogens is 4. The summed E-state index contributed by atoms with van der Waals surface area (Å²) in [6.45, 7) is 2.78. The molecule has 0 spiro atoms. The van der Waals surface area contributed by atoms with Crippen molar-refractivity contribution >= 4 is 45.3 Å². The number of nitrogen functional groups attached to an aromatic ring is 1. The van der Waals surface area contributed by atoms with Crippen molar-refractivity contribution in [3.8, 4) is 5.69 Å². The highest BCUT2D eigenvalue weighted by Gasteiger charge is 2.47. The van der Waals surface area contributed by atoms with Crippen LogP contribution in [0, 0.1) is 5.92 Å². The Morgan fingerprint density at radius 2 is 1.86 bits per heavy atom. The van der Waals surface area contributed by atoms with Crippen LogP contribution in [-0.2, 0) is 0 Å². The van der Waals surface area contributed by atoms with E-state index in [0.717, 1.165) is 41.4 Å². The van der Waals surface area contributed by atoms with Crippen LogP contribution in [0.3, 0.4) is 0 Å². The fraction of sp³-hybridized carbons (Fsp3) is 0.522. The number of alkyl halides is 2. The number of rotatable bonds is 5. The molecule has 1 atom stereocenters. The van der Waals surface area contributed by atoms with Gasteiger partial charge in [-0.15, -0.1) is 12.4 Å². The Morgan fingerprint density at radius 3 is 2.54 bits per heavy atom. The molecule has 3 aromatic rings. The Labute approximate surface area is 216 Å². The minimum absolute atomic E-state index is 0. The van der Waals surface area contributed by atoms with E-state index < -0.39 is 17.7 Å². The summed E-state index contributed by atoms with van der Waals surface area (Å²) in [7, 11) is 0. The maximum absolute atomic E-state index is 15.5. The average molecular weight is 573 g/mol. The van der Waals surface area contributed by atoms with Gasteiger partial charge in [0.25, 0.3) is 5.92 Å². The van der Waals surface area contributed by atoms with Gasteiger partial charge in [0, 0.05) is 11.0 Å². The monoisotopic (exact) mass is 571 g/mol. The number of nitrogens with two attached hydrogens (primary N) is 1. The molecule has 190 valence electrons. The van der Waals surface area contributed by atoms with Gasteiger partial charge in [0.05, 0.1) is 12.2 Å². The number of nitrogens with one attached hydrogen (secondary N) is 1. The fourth-order valence-corrected chi connectivity index (χ4v) is 5.49. The standard InChI is InChI=1S/C23H28BrF2N7O.ClH/c24-16-1-3-17(4-2-16)32-19-20(27)29-14-30-21(19)33(22(32)34)18-8-12-31(13-23(18,25)26)11-7-15-5-9-28-10-6-15;/h1-4,14-15,18,28H,5-13H2,(H2,27,29,30);1H/t18-;/m0./s1. The minimum Gasteiger partial charge on any atom is -0.382 e. The predicted molar refractivity (Wildman–Crippen MR) is 138 cm³/mol. The molecule has 1 aromatic carbocycles. The highest BCUT2D eigenvalue weighted by molar-refractivity contribution is 9.10. The lowest BCUT2D eigenvalue weighted by Crippen LogP contribution is -2.51. The largest absolute Gasteiger partial charge is 0.382 e. The molecule has 0 amide bonds. The van der Waals surface area contributed by atoms with Crippen molar-refractivity contribution in [1.82, 2.24) is 29.3 Å². The van der Waals surface area contributed by atoms with E-state index >= 15 is 8.78 Å². The number of likely N-dealkylation sites (tertiary alicyclic amines) is 1. The first-order valence-electron chi connectivity index (χ1n) is 11.7. The van der Waals surface area contributed by atoms with Crippen molar-refractivity contribution < 1.29 is 8.78 Å². The molecule has 0 aliphatic carbocycles. The summed E-state index contributed by atoms with van der Waals surface area (Å²) in [5, 5.41) is 3.34. The van der Waals surface area contributed by atoms with E-state index in [0.29, 0.717) is 24.7 Å². The lowest BCUT2D eigenvalue weighted by atomic mass is 9.93. The fourth-order valence-electron chi connectivity index (χ4n) is 5.22. The molecule has 3 N–H and O–H groups in total. The SMILES string of the molecule is Cl.Nc1ncnc2c1n(-c1ccc(Br)cc1)c(=O)n2[C@H]1CCN(CCC2CCNCC2)CC1(F)F. The second-order valence-corrected chi connectivity index (χ2v) is 10.1. The zero-order valence-corrected chi connectivity index (χ0v) is 21.6. The van der Waals surface area contributed by atoms with E-state index in [1.807, 2.05) is 4.90 Å². The third kappa shape index (κ3) is 5.09. The molecule has 0 bridgehead atoms. The summed E-state index contributed by atoms with van der Waals surface area (Å²) in [6, 6.07) is 5.71. The minimum atomic E-state index is -3.09. The van der Waals surface area contributed by atoms with Gasteiger partial charge < -0.3 is 11.1 Å². The molecule has 2 aliphatic rings. The smallest absolute Gasteiger partial charge is 0.335 e. The summed E-state index contributed by atoms with van der Waals surface area (Å²) < 4.78 is 34.4. The zero-order valence-electron chi connectivity index (χ0n) is 19.2. The molecule has 2 saturated heterocycles. The third-order valence-corrected chi connectivity index (χ3v) is 7.56. The van der Waals surface area contributed by atoms with Gasteiger partial charge in [-0.05, 0) is 75.5 Å². The van der Waals surface area contributed by atoms with Crippen LogP contribution in [0.15, 0.2) is 39.9 Å². The maximum Gasteiger partial charge on any atom is 0.335 e. The van der Waals surface area contributed by atoms with E-state index in [1.54, 1.807) is 24.3 Å². The quantitative estimate of drug-likeness (QED) is 0.485. The second-order valence-electron chi connectivity index (χ2n) is 9.22. The molecule has 2 fully saturated rings. The van der Waals surface area contributed by atoms with Crippen LogP contribution >= 0.6 is 28.3 Å². The van der Waals surface area contributed by atoms with E-state index in [2.05, 4.69) is 31.2 Å². The Bertz CT molecular complexity index is 1230. The molecule has 35 heavy (non-hydrogen) atoms. The van der Waals surface area contributed by atoms with Crippen molar-refractivity contribution in [2.75, 3.05) is 38.5 Å². The molecule has 0 radical (unpaired) electrons. The van der Waals surface area contributed by atoms with E-state index in [-0.39, 0.29) is 42.4 Å². The van der Waals surface area contributed by atoms with Gasteiger partial charge >= 0.3 is 5.69 Å². The number of hydrogen-bond acceptors (Lipinski definition) is 6. The lowest BCUT2D eigenvalue weighted by Gasteiger charge is -2.39. The molecule has 2 aromatic heterocycles. The Hall–Kier alpha value is -2.08. The van der Waals surface area contributed by atoms with Gasteiger partial charge in [0.2, 0.25) is 0 Å². The van der Waals surface area contributed by atoms with E-state index in [1.165, 1.54) is 10.9 Å². The number of imidazole rings is 1. The summed E-state index contributed by atoms with van der Waals surface area (Å²) in [4.78, 5) is 23.6. The normalized spacial score (nSPS) is 21.2. The number of halogens is 4. The highest BCUT2D eigenvalue weighted by Crippen LogP contribution is 2.38. The third-order valence-electron chi connectivity index (χ3n) is 7.03. The van der Waals surface area contributed by atoms with Gasteiger partial charge in [-0.25, -0.2) is 23.5 Å². The summed E-state index contributed by atoms with van der Waals surface area (Å²) in [5.74, 6) is -2.43. The molecular weight excluding hydrogens is 544 g/mol. The van der Waals surface area contributed by atoms with Crippen LogP contribution in [0.1, 0.15) is 31.7 Å². The number of nitrogens with zero attached hydrogens (tertiary/aromatic N) is 5. The number of hydrogen-bond donors (Lipinski definition) is 2. The number of piperidine rings is 2. The Kier molecular flexibility index (Phi) is 7.80. The van der Waals surface area contributed by atoms with Crippen molar-refractivity contribution in [3.63, 3.8) is 0 Å². The van der Waals surface area contributed by atoms with Crippen LogP contribution in [0.25, 0.3) is 16.9 Å². The molecule has 0 unspecified atom stereocenters. The zero-order chi connectivity index (χ0) is 23.9. The van der Waals surface area contributed by atoms with Crippen molar-refractivity contribution in [1.29, 1.82) is 0 Å². The van der Waals surface area contributed by atoms with E-state index in [4.69, 9.17) is 5.73 Å². The van der Waals surface area contributed by atoms with Crippen molar-refractivity contribution in [2.45, 2.75) is 37.6 Å². The molecule has 2 aliphatic heterocycles. The lowest BCUT2D eigenvalue weighted by molar-refractivity contribution is -0.104. The number of fused-ring (bicyclic) bond motifs is 1. The molecule has 12 heteroatoms. The van der Waals surface area contributed by atoms with Crippen LogP contribution < -0.4 is 16.7 Å². The van der Waals surface area contributed by atoms with Crippen molar-refractivity contribution in [3.05, 3.63) is 45.5 Å². The number of anilines is 1. The Balaban J connectivity index is 0.00000289. The van der Waals surface area contributed by atoms with Gasteiger partial charge in [-0.2, -0.15) is 0 Å². The maximum atomic E-state index is 15.5. The van der Waals surface area contributed by atoms with E-state index in [9.17, 15) is 4.79 Å². The first-order chi connectivity index (χ1) is 16.3. The van der Waals surface area contributed by atoms with Gasteiger partial charge in [0.15, 0.2) is 11.5 Å². The summed E-state index contributed by atoms with van der Waals surface area (Å²) >= 11 is 3.38. The first-order valence-corrected chi connectivity index (χ1v) is 12.4. The van der Waals surface area contributed by atoms with Crippen LogP contribution in [0.4, 0.5) is 14.6 Å².